The van der Waals surface area contributed by atoms with Crippen LogP contribution in [0, 0.1) is 13.8 Å². The van der Waals surface area contributed by atoms with Crippen molar-refractivity contribution < 1.29 is 8.85 Å². The van der Waals surface area contributed by atoms with Crippen LogP contribution in [0.25, 0.3) is 0 Å². The zero-order valence-electron chi connectivity index (χ0n) is 14.8. The normalized spacial score (nSPS) is 11.7. The van der Waals surface area contributed by atoms with Gasteiger partial charge in [0.2, 0.25) is 0 Å². The second-order valence-corrected chi connectivity index (χ2v) is 8.83. The van der Waals surface area contributed by atoms with Crippen molar-refractivity contribution in [2.45, 2.75) is 40.5 Å². The van der Waals surface area contributed by atoms with E-state index in [0.29, 0.717) is 0 Å². The molecule has 0 spiro atoms. The average molecular weight is 329 g/mol. The Balaban J connectivity index is 2.64. The van der Waals surface area contributed by atoms with Gasteiger partial charge in [-0.25, -0.2) is 0 Å². The van der Waals surface area contributed by atoms with Crippen LogP contribution < -0.4 is 10.4 Å². The van der Waals surface area contributed by atoms with Gasteiger partial charge in [0.1, 0.15) is 0 Å². The van der Waals surface area contributed by atoms with E-state index in [2.05, 4.69) is 76.2 Å². The molecule has 0 aliphatic rings. The Morgan fingerprint density at radius 3 is 1.43 bits per heavy atom. The van der Waals surface area contributed by atoms with Crippen molar-refractivity contribution in [3.63, 3.8) is 0 Å². The van der Waals surface area contributed by atoms with Crippen LogP contribution in [0.1, 0.15) is 37.8 Å². The lowest BCUT2D eigenvalue weighted by Gasteiger charge is -2.33. The highest BCUT2D eigenvalue weighted by atomic mass is 28.4. The minimum absolute atomic E-state index is 0.721. The predicted octanol–water partition coefficient (Wildman–Crippen LogP) is 3.71. The fourth-order valence-corrected chi connectivity index (χ4v) is 6.69. The molecular weight excluding hydrogens is 300 g/mol. The molecule has 0 atom stereocenters. The second kappa shape index (κ2) is 8.43. The molecule has 0 aliphatic carbocycles. The third-order valence-corrected chi connectivity index (χ3v) is 7.78. The maximum Gasteiger partial charge on any atom is 0.407 e. The maximum atomic E-state index is 6.53. The Bertz CT molecular complexity index is 569. The standard InChI is InChI=1S/C20H28O2Si/c1-5-15-21-23(22-16-6-2,19-13-9-7-11-17(19)3)20-14-10-8-12-18(20)4/h7-14H,5-6,15-16H2,1-4H3. The summed E-state index contributed by atoms with van der Waals surface area (Å²) in [5.74, 6) is 0. The van der Waals surface area contributed by atoms with Gasteiger partial charge in [0.05, 0.1) is 0 Å². The summed E-state index contributed by atoms with van der Waals surface area (Å²) < 4.78 is 13.1. The van der Waals surface area contributed by atoms with E-state index in [1.807, 2.05) is 0 Å². The van der Waals surface area contributed by atoms with Crippen LogP contribution in [0.2, 0.25) is 0 Å². The summed E-state index contributed by atoms with van der Waals surface area (Å²) >= 11 is 0. The van der Waals surface area contributed by atoms with Crippen LogP contribution in [0.5, 0.6) is 0 Å². The molecule has 0 N–H and O–H groups in total. The van der Waals surface area contributed by atoms with Gasteiger partial charge in [0.15, 0.2) is 0 Å². The molecule has 0 saturated heterocycles. The van der Waals surface area contributed by atoms with E-state index < -0.39 is 8.56 Å². The van der Waals surface area contributed by atoms with Crippen LogP contribution in [0.3, 0.4) is 0 Å². The zero-order valence-corrected chi connectivity index (χ0v) is 15.8. The highest BCUT2D eigenvalue weighted by molar-refractivity contribution is 6.93. The van der Waals surface area contributed by atoms with Crippen molar-refractivity contribution in [2.24, 2.45) is 0 Å². The summed E-state index contributed by atoms with van der Waals surface area (Å²) in [7, 11) is -2.68. The first kappa shape index (κ1) is 17.9. The molecule has 0 saturated carbocycles. The van der Waals surface area contributed by atoms with Gasteiger partial charge in [-0.05, 0) is 37.8 Å². The third kappa shape index (κ3) is 3.92. The molecule has 23 heavy (non-hydrogen) atoms. The van der Waals surface area contributed by atoms with Crippen LogP contribution in [-0.2, 0) is 8.85 Å². The molecule has 2 aromatic carbocycles. The fourth-order valence-electron chi connectivity index (χ4n) is 2.87. The van der Waals surface area contributed by atoms with Crippen LogP contribution in [0.4, 0.5) is 0 Å². The Morgan fingerprint density at radius 2 is 1.09 bits per heavy atom. The highest BCUT2D eigenvalue weighted by Crippen LogP contribution is 2.15. The number of benzene rings is 2. The minimum atomic E-state index is -2.68. The quantitative estimate of drug-likeness (QED) is 0.688. The molecule has 2 aromatic rings. The Labute approximate surface area is 141 Å². The lowest BCUT2D eigenvalue weighted by atomic mass is 10.2. The van der Waals surface area contributed by atoms with E-state index in [4.69, 9.17) is 8.85 Å². The number of hydrogen-bond donors (Lipinski definition) is 0. The van der Waals surface area contributed by atoms with E-state index in [1.54, 1.807) is 0 Å². The largest absolute Gasteiger partial charge is 0.407 e. The minimum Gasteiger partial charge on any atom is -0.388 e. The van der Waals surface area contributed by atoms with Gasteiger partial charge < -0.3 is 8.85 Å². The summed E-state index contributed by atoms with van der Waals surface area (Å²) in [6.07, 6.45) is 1.98. The monoisotopic (exact) mass is 328 g/mol. The molecule has 0 aliphatic heterocycles. The van der Waals surface area contributed by atoms with Gasteiger partial charge in [-0.3, -0.25) is 0 Å². The van der Waals surface area contributed by atoms with E-state index in [0.717, 1.165) is 26.1 Å². The number of aryl methyl sites for hydroxylation is 2. The van der Waals surface area contributed by atoms with Crippen molar-refractivity contribution >= 4 is 18.9 Å². The maximum absolute atomic E-state index is 6.53. The summed E-state index contributed by atoms with van der Waals surface area (Å²) in [6.45, 7) is 10.0. The summed E-state index contributed by atoms with van der Waals surface area (Å²) in [4.78, 5) is 0. The Hall–Kier alpha value is -1.42. The van der Waals surface area contributed by atoms with E-state index in [9.17, 15) is 0 Å². The summed E-state index contributed by atoms with van der Waals surface area (Å²) in [5.41, 5.74) is 2.49. The van der Waals surface area contributed by atoms with Crippen molar-refractivity contribution in [1.82, 2.24) is 0 Å². The van der Waals surface area contributed by atoms with E-state index in [-0.39, 0.29) is 0 Å². The van der Waals surface area contributed by atoms with Crippen molar-refractivity contribution in [3.8, 4) is 0 Å². The van der Waals surface area contributed by atoms with Gasteiger partial charge in [-0.1, -0.05) is 62.4 Å². The molecule has 0 fully saturated rings. The number of rotatable bonds is 8. The summed E-state index contributed by atoms with van der Waals surface area (Å²) in [5, 5.41) is 2.47. The molecule has 2 rings (SSSR count). The molecule has 0 radical (unpaired) electrons. The highest BCUT2D eigenvalue weighted by Gasteiger charge is 2.44. The van der Waals surface area contributed by atoms with Gasteiger partial charge in [0, 0.05) is 23.6 Å². The molecular formula is C20H28O2Si. The second-order valence-electron chi connectivity index (χ2n) is 5.94. The first-order chi connectivity index (χ1) is 11.2. The molecule has 0 heterocycles. The fraction of sp³-hybridized carbons (Fsp3) is 0.400. The van der Waals surface area contributed by atoms with Gasteiger partial charge in [-0.2, -0.15) is 0 Å². The van der Waals surface area contributed by atoms with Crippen LogP contribution in [0.15, 0.2) is 48.5 Å². The third-order valence-electron chi connectivity index (χ3n) is 4.02. The van der Waals surface area contributed by atoms with E-state index >= 15 is 0 Å². The zero-order chi connectivity index (χ0) is 16.7. The number of hydrogen-bond acceptors (Lipinski definition) is 2. The van der Waals surface area contributed by atoms with E-state index in [1.165, 1.54) is 21.5 Å². The van der Waals surface area contributed by atoms with Gasteiger partial charge in [-0.15, -0.1) is 0 Å². The first-order valence-electron chi connectivity index (χ1n) is 8.55. The SMILES string of the molecule is CCCO[Si](OCCC)(c1ccccc1C)c1ccccc1C. The van der Waals surface area contributed by atoms with Gasteiger partial charge >= 0.3 is 8.56 Å². The predicted molar refractivity (Wildman–Crippen MR) is 99.9 cm³/mol. The molecule has 3 heteroatoms. The van der Waals surface area contributed by atoms with Crippen molar-refractivity contribution in [1.29, 1.82) is 0 Å². The van der Waals surface area contributed by atoms with Crippen molar-refractivity contribution in [3.05, 3.63) is 59.7 Å². The molecule has 0 unspecified atom stereocenters. The Kier molecular flexibility index (Phi) is 6.57. The van der Waals surface area contributed by atoms with Crippen molar-refractivity contribution in [2.75, 3.05) is 13.2 Å². The first-order valence-corrected chi connectivity index (χ1v) is 10.4. The van der Waals surface area contributed by atoms with Crippen LogP contribution in [-0.4, -0.2) is 21.8 Å². The molecule has 0 aromatic heterocycles. The molecule has 2 nitrogen and oxygen atoms in total. The lowest BCUT2D eigenvalue weighted by Crippen LogP contribution is -2.65. The van der Waals surface area contributed by atoms with Crippen LogP contribution >= 0.6 is 0 Å². The molecule has 0 amide bonds. The average Bonchev–Trinajstić information content (AvgIpc) is 2.57. The summed E-state index contributed by atoms with van der Waals surface area (Å²) in [6, 6.07) is 17.0. The van der Waals surface area contributed by atoms with Gasteiger partial charge in [0.25, 0.3) is 0 Å². The molecule has 0 bridgehead atoms. The molecule has 124 valence electrons. The Morgan fingerprint density at radius 1 is 0.696 bits per heavy atom. The topological polar surface area (TPSA) is 18.5 Å². The smallest absolute Gasteiger partial charge is 0.388 e. The lowest BCUT2D eigenvalue weighted by molar-refractivity contribution is 0.191.